The number of nitrogens with zero attached hydrogens (tertiary/aromatic N) is 7. The van der Waals surface area contributed by atoms with E-state index < -0.39 is 10.0 Å². The molecule has 0 saturated carbocycles. The maximum atomic E-state index is 13.1. The Labute approximate surface area is 167 Å². The molecule has 0 bridgehead atoms. The summed E-state index contributed by atoms with van der Waals surface area (Å²) in [6.45, 7) is 2.46. The number of hydrogen-bond donors (Lipinski definition) is 0. The molecule has 1 saturated heterocycles. The summed E-state index contributed by atoms with van der Waals surface area (Å²) >= 11 is 0. The van der Waals surface area contributed by atoms with Gasteiger partial charge in [-0.05, 0) is 23.8 Å². The Morgan fingerprint density at radius 3 is 2.59 bits per heavy atom. The molecule has 0 N–H and O–H groups in total. The zero-order chi connectivity index (χ0) is 19.8. The van der Waals surface area contributed by atoms with E-state index >= 15 is 0 Å². The van der Waals surface area contributed by atoms with E-state index in [1.807, 2.05) is 11.0 Å². The van der Waals surface area contributed by atoms with Gasteiger partial charge in [-0.15, -0.1) is 0 Å². The molecule has 150 valence electrons. The minimum atomic E-state index is -3.54. The van der Waals surface area contributed by atoms with Gasteiger partial charge in [-0.2, -0.15) is 9.40 Å². The largest absolute Gasteiger partial charge is 0.493 e. The van der Waals surface area contributed by atoms with Crippen molar-refractivity contribution >= 4 is 15.8 Å². The van der Waals surface area contributed by atoms with Gasteiger partial charge in [-0.3, -0.25) is 0 Å². The summed E-state index contributed by atoms with van der Waals surface area (Å²) in [4.78, 5) is 14.8. The molecule has 0 unspecified atom stereocenters. The predicted octanol–water partition coefficient (Wildman–Crippen LogP) is 0.503. The maximum absolute atomic E-state index is 13.1. The Balaban J connectivity index is 1.31. The lowest BCUT2D eigenvalue weighted by Gasteiger charge is -2.34. The van der Waals surface area contributed by atoms with Crippen LogP contribution in [0, 0.1) is 0 Å². The summed E-state index contributed by atoms with van der Waals surface area (Å²) in [7, 11) is -3.54. The molecule has 2 aromatic heterocycles. The first kappa shape index (κ1) is 18.0. The molecule has 29 heavy (non-hydrogen) atoms. The van der Waals surface area contributed by atoms with Crippen LogP contribution in [0.1, 0.15) is 5.56 Å². The van der Waals surface area contributed by atoms with Gasteiger partial charge < -0.3 is 9.64 Å². The predicted molar refractivity (Wildman–Crippen MR) is 104 cm³/mol. The van der Waals surface area contributed by atoms with Crippen LogP contribution in [0.3, 0.4) is 0 Å². The van der Waals surface area contributed by atoms with Crippen LogP contribution in [0.2, 0.25) is 0 Å². The molecule has 10 nitrogen and oxygen atoms in total. The second-order valence-electron chi connectivity index (χ2n) is 6.83. The molecule has 5 rings (SSSR count). The van der Waals surface area contributed by atoms with Crippen molar-refractivity contribution in [3.05, 3.63) is 48.8 Å². The van der Waals surface area contributed by atoms with E-state index in [-0.39, 0.29) is 0 Å². The van der Waals surface area contributed by atoms with Gasteiger partial charge in [0.05, 0.1) is 11.5 Å². The summed E-state index contributed by atoms with van der Waals surface area (Å²) in [6, 6.07) is 6.93. The molecule has 0 atom stereocenters. The molecule has 0 aliphatic carbocycles. The van der Waals surface area contributed by atoms with Crippen molar-refractivity contribution in [3.63, 3.8) is 0 Å². The summed E-state index contributed by atoms with van der Waals surface area (Å²) in [5.74, 6) is 2.13. The van der Waals surface area contributed by atoms with Crippen molar-refractivity contribution in [2.45, 2.75) is 11.3 Å². The fraction of sp³-hybridized carbons (Fsp3) is 0.333. The normalized spacial score (nSPS) is 17.2. The van der Waals surface area contributed by atoms with Crippen LogP contribution in [0.4, 0.5) is 5.82 Å². The average molecular weight is 413 g/mol. The van der Waals surface area contributed by atoms with E-state index in [1.54, 1.807) is 29.2 Å². The van der Waals surface area contributed by atoms with Crippen LogP contribution in [-0.4, -0.2) is 70.2 Å². The zero-order valence-electron chi connectivity index (χ0n) is 15.5. The first-order valence-electron chi connectivity index (χ1n) is 9.29. The van der Waals surface area contributed by atoms with E-state index in [2.05, 4.69) is 20.1 Å². The summed E-state index contributed by atoms with van der Waals surface area (Å²) in [5.41, 5.74) is 0.950. The SMILES string of the molecule is O=S(=O)(c1ccc2c(c1)CCO2)N1CCN(c2cc(-n3cncn3)ncn2)CC1. The second-order valence-corrected chi connectivity index (χ2v) is 8.77. The lowest BCUT2D eigenvalue weighted by molar-refractivity contribution is 0.356. The number of sulfonamides is 1. The highest BCUT2D eigenvalue weighted by molar-refractivity contribution is 7.89. The highest BCUT2D eigenvalue weighted by Gasteiger charge is 2.30. The third-order valence-corrected chi connectivity index (χ3v) is 7.05. The van der Waals surface area contributed by atoms with Crippen LogP contribution in [0.25, 0.3) is 5.82 Å². The highest BCUT2D eigenvalue weighted by atomic mass is 32.2. The molecule has 0 radical (unpaired) electrons. The van der Waals surface area contributed by atoms with Gasteiger partial charge in [0.2, 0.25) is 10.0 Å². The smallest absolute Gasteiger partial charge is 0.243 e. The molecule has 2 aliphatic heterocycles. The fourth-order valence-electron chi connectivity index (χ4n) is 3.59. The fourth-order valence-corrected chi connectivity index (χ4v) is 5.07. The molecule has 3 aromatic rings. The molecular weight excluding hydrogens is 394 g/mol. The van der Waals surface area contributed by atoms with Crippen molar-refractivity contribution in [1.29, 1.82) is 0 Å². The lowest BCUT2D eigenvalue weighted by Crippen LogP contribution is -2.49. The van der Waals surface area contributed by atoms with E-state index in [4.69, 9.17) is 4.74 Å². The van der Waals surface area contributed by atoms with E-state index in [0.29, 0.717) is 43.5 Å². The number of benzene rings is 1. The molecule has 11 heteroatoms. The first-order chi connectivity index (χ1) is 14.1. The van der Waals surface area contributed by atoms with Gasteiger partial charge in [0.15, 0.2) is 5.82 Å². The van der Waals surface area contributed by atoms with Crippen molar-refractivity contribution in [2.24, 2.45) is 0 Å². The van der Waals surface area contributed by atoms with Crippen molar-refractivity contribution in [2.75, 3.05) is 37.7 Å². The number of piperazine rings is 1. The quantitative estimate of drug-likeness (QED) is 0.609. The molecule has 4 heterocycles. The molecular formula is C18H19N7O3S. The van der Waals surface area contributed by atoms with Gasteiger partial charge >= 0.3 is 0 Å². The van der Waals surface area contributed by atoms with Crippen LogP contribution >= 0.6 is 0 Å². The molecule has 2 aliphatic rings. The number of hydrogen-bond acceptors (Lipinski definition) is 8. The minimum absolute atomic E-state index is 0.325. The Morgan fingerprint density at radius 1 is 0.966 bits per heavy atom. The highest BCUT2D eigenvalue weighted by Crippen LogP contribution is 2.29. The summed E-state index contributed by atoms with van der Waals surface area (Å²) < 4.78 is 34.7. The summed E-state index contributed by atoms with van der Waals surface area (Å²) in [6.07, 6.45) is 5.23. The Hall–Kier alpha value is -3.05. The van der Waals surface area contributed by atoms with Crippen molar-refractivity contribution in [1.82, 2.24) is 29.0 Å². The van der Waals surface area contributed by atoms with Gasteiger partial charge in [0.25, 0.3) is 0 Å². The van der Waals surface area contributed by atoms with Gasteiger partial charge in [-0.1, -0.05) is 0 Å². The number of ether oxygens (including phenoxy) is 1. The van der Waals surface area contributed by atoms with Gasteiger partial charge in [-0.25, -0.2) is 28.1 Å². The number of aromatic nitrogens is 5. The molecule has 0 amide bonds. The Morgan fingerprint density at radius 2 is 1.79 bits per heavy atom. The van der Waals surface area contributed by atoms with Crippen molar-refractivity contribution < 1.29 is 13.2 Å². The molecule has 1 aromatic carbocycles. The maximum Gasteiger partial charge on any atom is 0.243 e. The minimum Gasteiger partial charge on any atom is -0.493 e. The summed E-state index contributed by atoms with van der Waals surface area (Å²) in [5, 5.41) is 4.08. The number of rotatable bonds is 4. The Bertz CT molecular complexity index is 1130. The molecule has 0 spiro atoms. The third kappa shape index (κ3) is 3.32. The topological polar surface area (TPSA) is 106 Å². The first-order valence-corrected chi connectivity index (χ1v) is 10.7. The van der Waals surface area contributed by atoms with E-state index in [1.165, 1.54) is 17.0 Å². The Kier molecular flexibility index (Phi) is 4.40. The zero-order valence-corrected chi connectivity index (χ0v) is 16.4. The van der Waals surface area contributed by atoms with Crippen LogP contribution < -0.4 is 9.64 Å². The lowest BCUT2D eigenvalue weighted by atomic mass is 10.2. The van der Waals surface area contributed by atoms with Crippen LogP contribution in [0.5, 0.6) is 5.75 Å². The second kappa shape index (κ2) is 7.08. The van der Waals surface area contributed by atoms with E-state index in [9.17, 15) is 8.42 Å². The van der Waals surface area contributed by atoms with Gasteiger partial charge in [0.1, 0.15) is 30.5 Å². The van der Waals surface area contributed by atoms with Gasteiger partial charge in [0, 0.05) is 38.7 Å². The van der Waals surface area contributed by atoms with Crippen molar-refractivity contribution in [3.8, 4) is 11.6 Å². The number of fused-ring (bicyclic) bond motifs is 1. The van der Waals surface area contributed by atoms with E-state index in [0.717, 1.165) is 23.6 Å². The molecule has 1 fully saturated rings. The van der Waals surface area contributed by atoms with Crippen LogP contribution in [-0.2, 0) is 16.4 Å². The monoisotopic (exact) mass is 413 g/mol. The average Bonchev–Trinajstić information content (AvgIpc) is 3.45. The standard InChI is InChI=1S/C18H19N7O3S/c26-29(27,15-1-2-16-14(9-15)3-8-28-16)24-6-4-23(5-7-24)17-10-18(21-12-20-17)25-13-19-11-22-25/h1-2,9-13H,3-8H2. The van der Waals surface area contributed by atoms with Crippen LogP contribution in [0.15, 0.2) is 48.1 Å². The number of anilines is 1. The third-order valence-electron chi connectivity index (χ3n) is 5.15.